The number of likely N-dealkylation sites (N-methyl/N-ethyl adjacent to an activating group) is 1. The first-order valence-electron chi connectivity index (χ1n) is 5.37. The molecule has 1 atom stereocenters. The van der Waals surface area contributed by atoms with Crippen molar-refractivity contribution in [2.75, 3.05) is 20.2 Å². The van der Waals surface area contributed by atoms with Crippen LogP contribution in [0.1, 0.15) is 17.2 Å². The molecule has 0 spiro atoms. The van der Waals surface area contributed by atoms with Gasteiger partial charge < -0.3 is 15.9 Å². The van der Waals surface area contributed by atoms with E-state index in [9.17, 15) is 5.11 Å². The van der Waals surface area contributed by atoms with E-state index >= 15 is 0 Å². The summed E-state index contributed by atoms with van der Waals surface area (Å²) in [5.74, 6) is 0.165. The monoisotopic (exact) mass is 254 g/mol. The molecule has 0 saturated heterocycles. The second-order valence-electron chi connectivity index (χ2n) is 4.07. The van der Waals surface area contributed by atoms with Crippen LogP contribution < -0.4 is 5.73 Å². The van der Waals surface area contributed by atoms with Gasteiger partial charge in [0.25, 0.3) is 0 Å². The SMILES string of the molecule is Cc1ccc(O)c(C(C(N)=S)N(C)CCO)c1. The summed E-state index contributed by atoms with van der Waals surface area (Å²) in [5.41, 5.74) is 7.41. The standard InChI is InChI=1S/C12H18N2O2S/c1-8-3-4-10(16)9(7-8)11(12(13)17)14(2)5-6-15/h3-4,7,11,15-16H,5-6H2,1-2H3,(H2,13,17). The Balaban J connectivity index is 3.13. The van der Waals surface area contributed by atoms with Crippen LogP contribution in [0.25, 0.3) is 0 Å². The fraction of sp³-hybridized carbons (Fsp3) is 0.417. The van der Waals surface area contributed by atoms with Gasteiger partial charge in [-0.05, 0) is 20.0 Å². The summed E-state index contributed by atoms with van der Waals surface area (Å²) in [6.45, 7) is 2.39. The minimum atomic E-state index is -0.364. The van der Waals surface area contributed by atoms with E-state index in [1.165, 1.54) is 0 Å². The smallest absolute Gasteiger partial charge is 0.120 e. The summed E-state index contributed by atoms with van der Waals surface area (Å²) in [6.07, 6.45) is 0. The van der Waals surface area contributed by atoms with Gasteiger partial charge in [0, 0.05) is 12.1 Å². The van der Waals surface area contributed by atoms with Gasteiger partial charge in [0.1, 0.15) is 5.75 Å². The second-order valence-corrected chi connectivity index (χ2v) is 4.54. The Morgan fingerprint density at radius 1 is 1.53 bits per heavy atom. The zero-order valence-electron chi connectivity index (χ0n) is 10.1. The van der Waals surface area contributed by atoms with Gasteiger partial charge in [-0.1, -0.05) is 29.9 Å². The molecular formula is C12H18N2O2S. The first kappa shape index (κ1) is 13.9. The third kappa shape index (κ3) is 3.39. The molecule has 0 aliphatic heterocycles. The Hall–Kier alpha value is -1.17. The van der Waals surface area contributed by atoms with E-state index in [4.69, 9.17) is 23.1 Å². The number of benzene rings is 1. The zero-order chi connectivity index (χ0) is 13.0. The molecule has 0 aliphatic carbocycles. The van der Waals surface area contributed by atoms with Gasteiger partial charge in [-0.25, -0.2) is 0 Å². The maximum Gasteiger partial charge on any atom is 0.120 e. The minimum absolute atomic E-state index is 0.0161. The van der Waals surface area contributed by atoms with E-state index in [0.29, 0.717) is 12.1 Å². The van der Waals surface area contributed by atoms with E-state index in [1.54, 1.807) is 6.07 Å². The van der Waals surface area contributed by atoms with Crippen LogP contribution in [0.15, 0.2) is 18.2 Å². The summed E-state index contributed by atoms with van der Waals surface area (Å²) in [4.78, 5) is 2.10. The second kappa shape index (κ2) is 5.95. The fourth-order valence-corrected chi connectivity index (χ4v) is 2.09. The van der Waals surface area contributed by atoms with Crippen molar-refractivity contribution in [2.45, 2.75) is 13.0 Å². The predicted molar refractivity (Wildman–Crippen MR) is 72.1 cm³/mol. The van der Waals surface area contributed by atoms with Crippen LogP contribution >= 0.6 is 12.2 Å². The highest BCUT2D eigenvalue weighted by Gasteiger charge is 2.22. The molecule has 0 bridgehead atoms. The van der Waals surface area contributed by atoms with Crippen LogP contribution in [0, 0.1) is 6.92 Å². The van der Waals surface area contributed by atoms with Crippen molar-refractivity contribution in [2.24, 2.45) is 5.73 Å². The van der Waals surface area contributed by atoms with Crippen molar-refractivity contribution >= 4 is 17.2 Å². The van der Waals surface area contributed by atoms with E-state index in [2.05, 4.69) is 0 Å². The molecule has 17 heavy (non-hydrogen) atoms. The largest absolute Gasteiger partial charge is 0.508 e. The Morgan fingerprint density at radius 2 is 2.18 bits per heavy atom. The maximum absolute atomic E-state index is 9.87. The lowest BCUT2D eigenvalue weighted by atomic mass is 10.0. The lowest BCUT2D eigenvalue weighted by molar-refractivity contribution is 0.206. The molecular weight excluding hydrogens is 236 g/mol. The molecule has 0 fully saturated rings. The first-order chi connectivity index (χ1) is 7.97. The maximum atomic E-state index is 9.87. The van der Waals surface area contributed by atoms with Crippen molar-refractivity contribution in [3.63, 3.8) is 0 Å². The molecule has 4 N–H and O–H groups in total. The van der Waals surface area contributed by atoms with E-state index < -0.39 is 0 Å². The van der Waals surface area contributed by atoms with Crippen LogP contribution in [0.4, 0.5) is 0 Å². The van der Waals surface area contributed by atoms with Crippen molar-refractivity contribution in [1.82, 2.24) is 4.90 Å². The van der Waals surface area contributed by atoms with Gasteiger partial charge in [0.2, 0.25) is 0 Å². The number of hydrogen-bond donors (Lipinski definition) is 3. The number of aromatic hydroxyl groups is 1. The Morgan fingerprint density at radius 3 is 2.71 bits per heavy atom. The molecule has 94 valence electrons. The number of aryl methyl sites for hydroxylation is 1. The lowest BCUT2D eigenvalue weighted by Crippen LogP contribution is -2.35. The van der Waals surface area contributed by atoms with Crippen LogP contribution in [0.2, 0.25) is 0 Å². The third-order valence-electron chi connectivity index (χ3n) is 2.64. The third-order valence-corrected chi connectivity index (χ3v) is 2.86. The highest BCUT2D eigenvalue weighted by molar-refractivity contribution is 7.80. The van der Waals surface area contributed by atoms with Gasteiger partial charge in [0.05, 0.1) is 17.6 Å². The first-order valence-corrected chi connectivity index (χ1v) is 5.78. The molecule has 1 rings (SSSR count). The molecule has 0 saturated carbocycles. The predicted octanol–water partition coefficient (Wildman–Crippen LogP) is 0.952. The molecule has 0 aliphatic rings. The van der Waals surface area contributed by atoms with E-state index in [-0.39, 0.29) is 23.4 Å². The Labute approximate surface area is 107 Å². The molecule has 5 heteroatoms. The van der Waals surface area contributed by atoms with Crippen molar-refractivity contribution in [3.8, 4) is 5.75 Å². The van der Waals surface area contributed by atoms with Crippen molar-refractivity contribution in [3.05, 3.63) is 29.3 Å². The Bertz CT molecular complexity index is 409. The molecule has 1 unspecified atom stereocenters. The topological polar surface area (TPSA) is 69.7 Å². The number of hydrogen-bond acceptors (Lipinski definition) is 4. The van der Waals surface area contributed by atoms with Crippen LogP contribution in [0.3, 0.4) is 0 Å². The molecule has 0 heterocycles. The summed E-state index contributed by atoms with van der Waals surface area (Å²) in [6, 6.07) is 4.94. The van der Waals surface area contributed by atoms with Gasteiger partial charge in [0.15, 0.2) is 0 Å². The average molecular weight is 254 g/mol. The molecule has 4 nitrogen and oxygen atoms in total. The van der Waals surface area contributed by atoms with Crippen molar-refractivity contribution in [1.29, 1.82) is 0 Å². The molecule has 1 aromatic rings. The molecule has 1 aromatic carbocycles. The summed E-state index contributed by atoms with van der Waals surface area (Å²) in [5, 5.41) is 18.8. The Kier molecular flexibility index (Phi) is 4.86. The normalized spacial score (nSPS) is 12.7. The number of aliphatic hydroxyl groups is 1. The average Bonchev–Trinajstić information content (AvgIpc) is 2.23. The zero-order valence-corrected chi connectivity index (χ0v) is 10.9. The minimum Gasteiger partial charge on any atom is -0.508 e. The molecule has 0 amide bonds. The fourth-order valence-electron chi connectivity index (χ4n) is 1.79. The number of thiocarbonyl (C=S) groups is 1. The number of phenolic OH excluding ortho intramolecular Hbond substituents is 1. The number of nitrogens with two attached hydrogens (primary N) is 1. The van der Waals surface area contributed by atoms with E-state index in [0.717, 1.165) is 5.56 Å². The number of rotatable bonds is 5. The van der Waals surface area contributed by atoms with Crippen LogP contribution in [-0.2, 0) is 0 Å². The highest BCUT2D eigenvalue weighted by atomic mass is 32.1. The van der Waals surface area contributed by atoms with Crippen LogP contribution in [0.5, 0.6) is 5.75 Å². The number of phenols is 1. The molecule has 0 aromatic heterocycles. The van der Waals surface area contributed by atoms with E-state index in [1.807, 2.05) is 31.0 Å². The molecule has 0 radical (unpaired) electrons. The van der Waals surface area contributed by atoms with Gasteiger partial charge in [-0.3, -0.25) is 4.90 Å². The van der Waals surface area contributed by atoms with Gasteiger partial charge in [-0.2, -0.15) is 0 Å². The highest BCUT2D eigenvalue weighted by Crippen LogP contribution is 2.29. The quantitative estimate of drug-likeness (QED) is 0.683. The van der Waals surface area contributed by atoms with Crippen molar-refractivity contribution < 1.29 is 10.2 Å². The number of aliphatic hydroxyl groups excluding tert-OH is 1. The summed E-state index contributed by atoms with van der Waals surface area (Å²) < 4.78 is 0. The number of nitrogens with zero attached hydrogens (tertiary/aromatic N) is 1. The van der Waals surface area contributed by atoms with Gasteiger partial charge in [-0.15, -0.1) is 0 Å². The van der Waals surface area contributed by atoms with Gasteiger partial charge >= 0.3 is 0 Å². The summed E-state index contributed by atoms with van der Waals surface area (Å²) >= 11 is 5.04. The summed E-state index contributed by atoms with van der Waals surface area (Å²) in [7, 11) is 1.81. The lowest BCUT2D eigenvalue weighted by Gasteiger charge is -2.27. The van der Waals surface area contributed by atoms with Crippen LogP contribution in [-0.4, -0.2) is 40.3 Å².